The van der Waals surface area contributed by atoms with Crippen LogP contribution in [0.25, 0.3) is 0 Å². The average molecular weight is 230 g/mol. The molecule has 1 aromatic rings. The smallest absolute Gasteiger partial charge is 0.119 e. The van der Waals surface area contributed by atoms with Crippen LogP contribution in [0.5, 0.6) is 0 Å². The van der Waals surface area contributed by atoms with E-state index in [0.29, 0.717) is 0 Å². The van der Waals surface area contributed by atoms with Crippen LogP contribution in [-0.4, -0.2) is 4.98 Å². The lowest BCUT2D eigenvalue weighted by Gasteiger charge is -1.82. The van der Waals surface area contributed by atoms with Gasteiger partial charge in [-0.05, 0) is 6.92 Å². The predicted molar refractivity (Wildman–Crippen MR) is 46.6 cm³/mol. The maximum Gasteiger partial charge on any atom is 0.119 e. The van der Waals surface area contributed by atoms with Gasteiger partial charge in [0.1, 0.15) is 5.00 Å². The third-order valence-corrected chi connectivity index (χ3v) is 2.23. The first-order valence-corrected chi connectivity index (χ1v) is 3.73. The molecule has 1 heterocycles. The fourth-order valence-corrected chi connectivity index (χ4v) is 1.32. The predicted octanol–water partition coefficient (Wildman–Crippen LogP) is 2.60. The summed E-state index contributed by atoms with van der Waals surface area (Å²) in [6.45, 7) is 1.97. The van der Waals surface area contributed by atoms with Gasteiger partial charge in [-0.3, -0.25) is 0 Å². The summed E-state index contributed by atoms with van der Waals surface area (Å²) in [6.07, 6.45) is 1.79. The minimum Gasteiger partial charge on any atom is -0.313 e. The summed E-state index contributed by atoms with van der Waals surface area (Å²) in [4.78, 5) is 4.01. The Kier molecular flexibility index (Phi) is 4.18. The molecule has 0 aliphatic heterocycles. The van der Waals surface area contributed by atoms with Crippen molar-refractivity contribution in [3.05, 3.63) is 11.2 Å². The number of halogens is 2. The summed E-state index contributed by atoms with van der Waals surface area (Å²) < 4.78 is 2.82. The number of thiazole rings is 1. The highest BCUT2D eigenvalue weighted by atomic mass is 79.9. The molecule has 1 aromatic heterocycles. The van der Waals surface area contributed by atoms with Crippen molar-refractivity contribution >= 4 is 44.9 Å². The van der Waals surface area contributed by atoms with E-state index in [2.05, 4.69) is 25.5 Å². The summed E-state index contributed by atoms with van der Waals surface area (Å²) in [7, 11) is 0. The third kappa shape index (κ3) is 2.51. The molecule has 5 heteroatoms. The van der Waals surface area contributed by atoms with E-state index < -0.39 is 0 Å². The number of hydrogen-bond donors (Lipinski definition) is 1. The van der Waals surface area contributed by atoms with Gasteiger partial charge < -0.3 is 4.34 Å². The molecule has 0 bridgehead atoms. The van der Waals surface area contributed by atoms with Gasteiger partial charge in [0.15, 0.2) is 0 Å². The number of hydrogen-bond acceptors (Lipinski definition) is 3. The minimum absolute atomic E-state index is 0. The molecule has 52 valence electrons. The first-order chi connectivity index (χ1) is 3.83. The van der Waals surface area contributed by atoms with E-state index in [1.54, 1.807) is 17.5 Å². The highest BCUT2D eigenvalue weighted by molar-refractivity contribution is 9.10. The SMILES string of the molecule is Cc1ncc(NBr)s1.Cl. The molecule has 0 atom stereocenters. The molecule has 2 nitrogen and oxygen atoms in total. The normalized spacial score (nSPS) is 8.22. The van der Waals surface area contributed by atoms with Crippen LogP contribution in [0.3, 0.4) is 0 Å². The molecule has 9 heavy (non-hydrogen) atoms. The van der Waals surface area contributed by atoms with Gasteiger partial charge in [0.2, 0.25) is 0 Å². The van der Waals surface area contributed by atoms with Crippen LogP contribution < -0.4 is 4.34 Å². The van der Waals surface area contributed by atoms with Crippen molar-refractivity contribution in [3.8, 4) is 0 Å². The number of rotatable bonds is 1. The average Bonchev–Trinajstić information content (AvgIpc) is 2.14. The van der Waals surface area contributed by atoms with E-state index in [1.165, 1.54) is 0 Å². The second-order valence-corrected chi connectivity index (χ2v) is 2.97. The molecule has 1 rings (SSSR count). The molecular formula is C4H6BrClN2S. The van der Waals surface area contributed by atoms with Crippen LogP contribution in [0, 0.1) is 6.92 Å². The first-order valence-electron chi connectivity index (χ1n) is 2.12. The Balaban J connectivity index is 0.000000640. The monoisotopic (exact) mass is 228 g/mol. The van der Waals surface area contributed by atoms with Crippen LogP contribution in [0.2, 0.25) is 0 Å². The molecular weight excluding hydrogens is 223 g/mol. The molecule has 1 N–H and O–H groups in total. The maximum absolute atomic E-state index is 4.01. The van der Waals surface area contributed by atoms with Crippen LogP contribution in [0.4, 0.5) is 5.00 Å². The Bertz CT molecular complexity index is 179. The van der Waals surface area contributed by atoms with E-state index in [9.17, 15) is 0 Å². The largest absolute Gasteiger partial charge is 0.313 e. The standard InChI is InChI=1S/C4H5BrN2S.ClH/c1-3-6-2-4(7-5)8-3;/h2,7H,1H3;1H. The maximum atomic E-state index is 4.01. The zero-order chi connectivity index (χ0) is 5.98. The van der Waals surface area contributed by atoms with Crippen LogP contribution in [0.1, 0.15) is 5.01 Å². The summed E-state index contributed by atoms with van der Waals surface area (Å²) in [6, 6.07) is 0. The zero-order valence-electron chi connectivity index (χ0n) is 4.72. The second-order valence-electron chi connectivity index (χ2n) is 1.34. The summed E-state index contributed by atoms with van der Waals surface area (Å²) in [5.41, 5.74) is 0. The zero-order valence-corrected chi connectivity index (χ0v) is 7.94. The Labute approximate surface area is 72.4 Å². The van der Waals surface area contributed by atoms with Crippen LogP contribution in [0.15, 0.2) is 6.20 Å². The van der Waals surface area contributed by atoms with Crippen molar-refractivity contribution in [2.24, 2.45) is 0 Å². The molecule has 0 spiro atoms. The number of nitrogens with zero attached hydrogens (tertiary/aromatic N) is 1. The van der Waals surface area contributed by atoms with Crippen LogP contribution in [-0.2, 0) is 0 Å². The lowest BCUT2D eigenvalue weighted by atomic mass is 10.8. The van der Waals surface area contributed by atoms with Crippen molar-refractivity contribution in [3.63, 3.8) is 0 Å². The Morgan fingerprint density at radius 1 is 1.78 bits per heavy atom. The number of anilines is 1. The minimum atomic E-state index is 0. The third-order valence-electron chi connectivity index (χ3n) is 0.714. The Hall–Kier alpha value is 0.200. The first kappa shape index (κ1) is 9.20. The van der Waals surface area contributed by atoms with E-state index in [-0.39, 0.29) is 12.4 Å². The Morgan fingerprint density at radius 2 is 2.44 bits per heavy atom. The van der Waals surface area contributed by atoms with Gasteiger partial charge in [-0.15, -0.1) is 23.7 Å². The molecule has 0 saturated carbocycles. The number of aryl methyl sites for hydroxylation is 1. The van der Waals surface area contributed by atoms with Gasteiger partial charge in [-0.1, -0.05) is 0 Å². The summed E-state index contributed by atoms with van der Waals surface area (Å²) in [5.74, 6) is 0. The molecule has 0 fully saturated rings. The van der Waals surface area contributed by atoms with Gasteiger partial charge >= 0.3 is 0 Å². The summed E-state index contributed by atoms with van der Waals surface area (Å²) in [5, 5.41) is 2.12. The molecule has 0 amide bonds. The van der Waals surface area contributed by atoms with Crippen LogP contribution >= 0.6 is 39.9 Å². The van der Waals surface area contributed by atoms with E-state index >= 15 is 0 Å². The molecule has 0 saturated heterocycles. The van der Waals surface area contributed by atoms with E-state index in [0.717, 1.165) is 10.0 Å². The summed E-state index contributed by atoms with van der Waals surface area (Å²) >= 11 is 4.71. The topological polar surface area (TPSA) is 24.9 Å². The highest BCUT2D eigenvalue weighted by Gasteiger charge is 1.91. The second kappa shape index (κ2) is 4.09. The lowest BCUT2D eigenvalue weighted by molar-refractivity contribution is 1.30. The fraction of sp³-hybridized carbons (Fsp3) is 0.250. The van der Waals surface area contributed by atoms with E-state index in [1.807, 2.05) is 6.92 Å². The van der Waals surface area contributed by atoms with Crippen molar-refractivity contribution in [1.29, 1.82) is 0 Å². The number of nitrogens with one attached hydrogen (secondary N) is 1. The van der Waals surface area contributed by atoms with Gasteiger partial charge in [-0.25, -0.2) is 4.98 Å². The van der Waals surface area contributed by atoms with Crippen molar-refractivity contribution in [1.82, 2.24) is 4.98 Å². The van der Waals surface area contributed by atoms with Gasteiger partial charge in [0.05, 0.1) is 11.2 Å². The van der Waals surface area contributed by atoms with Gasteiger partial charge in [0.25, 0.3) is 0 Å². The highest BCUT2D eigenvalue weighted by Crippen LogP contribution is 2.17. The quantitative estimate of drug-likeness (QED) is 0.749. The molecule has 0 radical (unpaired) electrons. The van der Waals surface area contributed by atoms with E-state index in [4.69, 9.17) is 0 Å². The number of aromatic nitrogens is 1. The fourth-order valence-electron chi connectivity index (χ4n) is 0.405. The van der Waals surface area contributed by atoms with Gasteiger partial charge in [-0.2, -0.15) is 0 Å². The molecule has 0 aliphatic rings. The molecule has 0 aliphatic carbocycles. The van der Waals surface area contributed by atoms with Gasteiger partial charge in [0, 0.05) is 16.1 Å². The molecule has 0 aromatic carbocycles. The lowest BCUT2D eigenvalue weighted by Crippen LogP contribution is -1.67. The Morgan fingerprint density at radius 3 is 2.67 bits per heavy atom. The van der Waals surface area contributed by atoms with Crippen molar-refractivity contribution in [2.45, 2.75) is 6.92 Å². The molecule has 0 unspecified atom stereocenters. The van der Waals surface area contributed by atoms with Crippen molar-refractivity contribution < 1.29 is 0 Å². The van der Waals surface area contributed by atoms with Crippen molar-refractivity contribution in [2.75, 3.05) is 4.34 Å².